The molecule has 0 aromatic heterocycles. The Hall–Kier alpha value is -2.75. The van der Waals surface area contributed by atoms with E-state index in [1.165, 1.54) is 6.92 Å². The second kappa shape index (κ2) is 7.43. The number of ether oxygens (including phenoxy) is 4. The predicted molar refractivity (Wildman–Crippen MR) is 77.4 cm³/mol. The summed E-state index contributed by atoms with van der Waals surface area (Å²) in [5, 5.41) is 0. The van der Waals surface area contributed by atoms with Crippen molar-refractivity contribution >= 4 is 29.7 Å². The van der Waals surface area contributed by atoms with Crippen molar-refractivity contribution in [1.29, 1.82) is 0 Å². The molecule has 2 aliphatic heterocycles. The van der Waals surface area contributed by atoms with Gasteiger partial charge in [0.1, 0.15) is 12.7 Å². The van der Waals surface area contributed by atoms with E-state index in [-0.39, 0.29) is 6.61 Å². The van der Waals surface area contributed by atoms with Gasteiger partial charge in [0.25, 0.3) is 11.8 Å². The van der Waals surface area contributed by atoms with Gasteiger partial charge in [0.2, 0.25) is 0 Å². The number of hydrogen-bond donors (Lipinski definition) is 0. The molecule has 0 N–H and O–H groups in total. The average Bonchev–Trinajstić information content (AvgIpc) is 2.97. The van der Waals surface area contributed by atoms with E-state index >= 15 is 0 Å². The van der Waals surface area contributed by atoms with Crippen molar-refractivity contribution in [2.75, 3.05) is 6.61 Å². The first-order valence-corrected chi connectivity index (χ1v) is 7.39. The summed E-state index contributed by atoms with van der Waals surface area (Å²) in [7, 11) is 0. The summed E-state index contributed by atoms with van der Waals surface area (Å²) in [5.41, 5.74) is 0. The molecular weight excluding hydrogens is 338 g/mol. The van der Waals surface area contributed by atoms with Crippen molar-refractivity contribution in [3.63, 3.8) is 0 Å². The molecule has 0 bridgehead atoms. The van der Waals surface area contributed by atoms with E-state index in [0.29, 0.717) is 0 Å². The summed E-state index contributed by atoms with van der Waals surface area (Å²) in [5.74, 6) is -3.36. The zero-order valence-corrected chi connectivity index (χ0v) is 13.8. The quantitative estimate of drug-likeness (QED) is 0.349. The van der Waals surface area contributed by atoms with Crippen molar-refractivity contribution in [1.82, 2.24) is 4.90 Å². The first kappa shape index (κ1) is 18.6. The Kier molecular flexibility index (Phi) is 5.52. The van der Waals surface area contributed by atoms with Gasteiger partial charge in [0.15, 0.2) is 18.4 Å². The lowest BCUT2D eigenvalue weighted by Crippen LogP contribution is -2.49. The van der Waals surface area contributed by atoms with Crippen LogP contribution in [-0.2, 0) is 42.9 Å². The lowest BCUT2D eigenvalue weighted by atomic mass is 10.1. The molecule has 4 atom stereocenters. The summed E-state index contributed by atoms with van der Waals surface area (Å²) in [4.78, 5) is 58.4. The van der Waals surface area contributed by atoms with E-state index in [1.807, 2.05) is 0 Å². The highest BCUT2D eigenvalue weighted by molar-refractivity contribution is 6.13. The van der Waals surface area contributed by atoms with Crippen LogP contribution >= 0.6 is 0 Å². The number of amides is 2. The molecule has 2 rings (SSSR count). The molecule has 1 saturated heterocycles. The Morgan fingerprint density at radius 3 is 1.96 bits per heavy atom. The highest BCUT2D eigenvalue weighted by atomic mass is 16.7. The largest absolute Gasteiger partial charge is 0.463 e. The van der Waals surface area contributed by atoms with Crippen LogP contribution in [0.4, 0.5) is 0 Å². The smallest absolute Gasteiger partial charge is 0.303 e. The second-order valence-electron chi connectivity index (χ2n) is 5.40. The van der Waals surface area contributed by atoms with Crippen LogP contribution in [0.25, 0.3) is 0 Å². The third-order valence-electron chi connectivity index (χ3n) is 3.44. The van der Waals surface area contributed by atoms with Gasteiger partial charge in [-0.25, -0.2) is 4.90 Å². The third-order valence-corrected chi connectivity index (χ3v) is 3.44. The van der Waals surface area contributed by atoms with Gasteiger partial charge in [-0.15, -0.1) is 0 Å². The molecule has 2 aliphatic rings. The Balaban J connectivity index is 2.31. The molecule has 2 heterocycles. The second-order valence-corrected chi connectivity index (χ2v) is 5.40. The van der Waals surface area contributed by atoms with Gasteiger partial charge in [0.05, 0.1) is 0 Å². The molecule has 25 heavy (non-hydrogen) atoms. The average molecular weight is 355 g/mol. The first-order chi connectivity index (χ1) is 11.7. The fourth-order valence-corrected chi connectivity index (χ4v) is 2.56. The molecule has 0 unspecified atom stereocenters. The molecule has 0 aromatic carbocycles. The topological polar surface area (TPSA) is 126 Å². The van der Waals surface area contributed by atoms with Gasteiger partial charge in [-0.2, -0.15) is 0 Å². The molecular formula is C15H17NO9. The minimum Gasteiger partial charge on any atom is -0.463 e. The van der Waals surface area contributed by atoms with Crippen LogP contribution in [0, 0.1) is 0 Å². The van der Waals surface area contributed by atoms with Gasteiger partial charge in [0, 0.05) is 32.9 Å². The van der Waals surface area contributed by atoms with Crippen molar-refractivity contribution in [2.24, 2.45) is 0 Å². The maximum absolute atomic E-state index is 11.9. The maximum atomic E-state index is 11.9. The number of carbonyl (C=O) groups excluding carboxylic acids is 5. The molecule has 136 valence electrons. The fourth-order valence-electron chi connectivity index (χ4n) is 2.56. The highest BCUT2D eigenvalue weighted by Gasteiger charge is 2.54. The van der Waals surface area contributed by atoms with E-state index < -0.39 is 54.3 Å². The number of imide groups is 1. The molecule has 0 spiro atoms. The molecule has 1 fully saturated rings. The molecule has 2 amide bonds. The Labute approximate surface area is 142 Å². The summed E-state index contributed by atoms with van der Waals surface area (Å²) < 4.78 is 20.7. The highest BCUT2D eigenvalue weighted by Crippen LogP contribution is 2.31. The van der Waals surface area contributed by atoms with Crippen LogP contribution < -0.4 is 0 Å². The normalized spacial score (nSPS) is 28.2. The van der Waals surface area contributed by atoms with Crippen molar-refractivity contribution in [2.45, 2.75) is 45.3 Å². The predicted octanol–water partition coefficient (Wildman–Crippen LogP) is -0.937. The van der Waals surface area contributed by atoms with Gasteiger partial charge in [-0.1, -0.05) is 0 Å². The molecule has 0 saturated carbocycles. The van der Waals surface area contributed by atoms with E-state index in [0.717, 1.165) is 30.9 Å². The third kappa shape index (κ3) is 4.21. The summed E-state index contributed by atoms with van der Waals surface area (Å²) in [6.07, 6.45) is -2.68. The maximum Gasteiger partial charge on any atom is 0.303 e. The van der Waals surface area contributed by atoms with Crippen LogP contribution in [0.3, 0.4) is 0 Å². The minimum absolute atomic E-state index is 0.314. The lowest BCUT2D eigenvalue weighted by molar-refractivity contribution is -0.172. The molecule has 0 radical (unpaired) electrons. The monoisotopic (exact) mass is 355 g/mol. The summed E-state index contributed by atoms with van der Waals surface area (Å²) >= 11 is 0. The number of carbonyl (C=O) groups is 5. The zero-order valence-electron chi connectivity index (χ0n) is 13.8. The summed E-state index contributed by atoms with van der Waals surface area (Å²) in [6.45, 7) is 3.11. The van der Waals surface area contributed by atoms with Crippen LogP contribution in [0.2, 0.25) is 0 Å². The van der Waals surface area contributed by atoms with Crippen LogP contribution in [-0.4, -0.2) is 65.8 Å². The zero-order chi connectivity index (χ0) is 18.7. The van der Waals surface area contributed by atoms with Crippen molar-refractivity contribution < 1.29 is 42.9 Å². The van der Waals surface area contributed by atoms with Gasteiger partial charge >= 0.3 is 17.9 Å². The Bertz CT molecular complexity index is 623. The van der Waals surface area contributed by atoms with E-state index in [4.69, 9.17) is 18.9 Å². The van der Waals surface area contributed by atoms with Gasteiger partial charge in [-0.3, -0.25) is 24.0 Å². The molecule has 10 heteroatoms. The van der Waals surface area contributed by atoms with Crippen molar-refractivity contribution in [3.8, 4) is 0 Å². The van der Waals surface area contributed by atoms with Crippen molar-refractivity contribution in [3.05, 3.63) is 12.2 Å². The van der Waals surface area contributed by atoms with Crippen LogP contribution in [0.15, 0.2) is 12.2 Å². The van der Waals surface area contributed by atoms with E-state index in [2.05, 4.69) is 0 Å². The van der Waals surface area contributed by atoms with Gasteiger partial charge in [-0.05, 0) is 0 Å². The summed E-state index contributed by atoms with van der Waals surface area (Å²) in [6, 6.07) is 0. The lowest BCUT2D eigenvalue weighted by Gasteiger charge is -2.27. The first-order valence-electron chi connectivity index (χ1n) is 7.39. The van der Waals surface area contributed by atoms with Crippen LogP contribution in [0.1, 0.15) is 20.8 Å². The SMILES string of the molecule is CC(=O)OC[C@H]1O[C@@H](N2C(=O)C=CC2=O)[C@@H](OC(C)=O)[C@@H]1OC(C)=O. The standard InChI is InChI=1S/C15H17NO9/c1-7(17)22-6-10-13(23-8(2)18)14(24-9(3)19)15(25-10)16-11(20)4-5-12(16)21/h4-5,10,13-15H,6H2,1-3H3/t10-,13-,14+,15-/m1/s1. The number of esters is 3. The number of hydrogen-bond acceptors (Lipinski definition) is 9. The number of nitrogens with zero attached hydrogens (tertiary/aromatic N) is 1. The molecule has 0 aromatic rings. The van der Waals surface area contributed by atoms with Gasteiger partial charge < -0.3 is 18.9 Å². The van der Waals surface area contributed by atoms with E-state index in [1.54, 1.807) is 0 Å². The Morgan fingerprint density at radius 1 is 0.960 bits per heavy atom. The van der Waals surface area contributed by atoms with Crippen LogP contribution in [0.5, 0.6) is 0 Å². The Morgan fingerprint density at radius 2 is 1.48 bits per heavy atom. The number of rotatable bonds is 5. The van der Waals surface area contributed by atoms with E-state index in [9.17, 15) is 24.0 Å². The minimum atomic E-state index is -1.32. The molecule has 0 aliphatic carbocycles. The molecule has 10 nitrogen and oxygen atoms in total. The fraction of sp³-hybridized carbons (Fsp3) is 0.533.